The van der Waals surface area contributed by atoms with Crippen LogP contribution in [0.15, 0.2) is 64.1 Å². The number of benzene rings is 2. The summed E-state index contributed by atoms with van der Waals surface area (Å²) in [5.74, 6) is 1.19. The van der Waals surface area contributed by atoms with Crippen LogP contribution >= 0.6 is 11.6 Å². The van der Waals surface area contributed by atoms with Crippen LogP contribution in [0.3, 0.4) is 0 Å². The summed E-state index contributed by atoms with van der Waals surface area (Å²) >= 11 is 5.95. The summed E-state index contributed by atoms with van der Waals surface area (Å²) in [4.78, 5) is 27.8. The maximum atomic E-state index is 13.9. The zero-order chi connectivity index (χ0) is 31.7. The number of methoxy groups -OCH3 is 2. The molecule has 238 valence electrons. The first-order valence-electron chi connectivity index (χ1n) is 13.9. The Balaban J connectivity index is 1.59. The van der Waals surface area contributed by atoms with E-state index in [0.29, 0.717) is 56.5 Å². The van der Waals surface area contributed by atoms with Crippen LogP contribution in [0, 0.1) is 10.1 Å². The summed E-state index contributed by atoms with van der Waals surface area (Å²) < 4.78 is 50.4. The Morgan fingerprint density at radius 3 is 2.48 bits per heavy atom. The molecule has 15 heteroatoms. The zero-order valence-electron chi connectivity index (χ0n) is 24.5. The number of nitrogens with zero attached hydrogens (tertiary/aromatic N) is 4. The van der Waals surface area contributed by atoms with Crippen molar-refractivity contribution < 1.29 is 36.8 Å². The van der Waals surface area contributed by atoms with Gasteiger partial charge in [-0.15, -0.1) is 0 Å². The number of carbonyl (C=O) groups is 1. The number of carbonyl (C=O) groups excluding carboxylic acids is 1. The number of nitro groups is 1. The van der Waals surface area contributed by atoms with E-state index in [1.807, 2.05) is 17.0 Å². The fraction of sp³-hybridized carbons (Fsp3) is 0.414. The molecule has 1 fully saturated rings. The van der Waals surface area contributed by atoms with Crippen molar-refractivity contribution in [3.05, 3.63) is 81.3 Å². The molecule has 2 aromatic carbocycles. The van der Waals surface area contributed by atoms with E-state index in [0.717, 1.165) is 15.9 Å². The summed E-state index contributed by atoms with van der Waals surface area (Å²) in [5, 5.41) is 11.3. The van der Waals surface area contributed by atoms with Crippen LogP contribution in [0.1, 0.15) is 11.3 Å². The molecule has 0 atom stereocenters. The maximum Gasteiger partial charge on any atom is 0.289 e. The maximum absolute atomic E-state index is 13.9. The number of hydrogen-bond acceptors (Lipinski definition) is 10. The van der Waals surface area contributed by atoms with Gasteiger partial charge in [0.2, 0.25) is 15.9 Å². The molecule has 0 spiro atoms. The predicted molar refractivity (Wildman–Crippen MR) is 161 cm³/mol. The van der Waals surface area contributed by atoms with Crippen molar-refractivity contribution >= 4 is 33.2 Å². The van der Waals surface area contributed by atoms with Crippen LogP contribution in [0.2, 0.25) is 5.02 Å². The van der Waals surface area contributed by atoms with E-state index in [-0.39, 0.29) is 29.6 Å². The van der Waals surface area contributed by atoms with Crippen molar-refractivity contribution in [3.63, 3.8) is 0 Å². The van der Waals surface area contributed by atoms with Crippen LogP contribution in [0.5, 0.6) is 11.5 Å². The Kier molecular flexibility index (Phi) is 11.6. The molecular weight excluding hydrogens is 616 g/mol. The number of rotatable bonds is 15. The summed E-state index contributed by atoms with van der Waals surface area (Å²) in [7, 11) is -1.26. The Labute approximate surface area is 261 Å². The quantitative estimate of drug-likeness (QED) is 0.177. The molecule has 0 N–H and O–H groups in total. The third kappa shape index (κ3) is 8.48. The second-order valence-corrected chi connectivity index (χ2v) is 12.3. The Hall–Kier alpha value is -3.69. The number of hydrogen-bond donors (Lipinski definition) is 0. The number of morpholine rings is 1. The third-order valence-electron chi connectivity index (χ3n) is 7.23. The first-order chi connectivity index (χ1) is 21.1. The molecule has 1 aliphatic heterocycles. The van der Waals surface area contributed by atoms with Crippen molar-refractivity contribution in [1.29, 1.82) is 0 Å². The summed E-state index contributed by atoms with van der Waals surface area (Å²) in [5.41, 5.74) is 0.340. The number of sulfonamides is 1. The van der Waals surface area contributed by atoms with Crippen molar-refractivity contribution in [2.45, 2.75) is 17.9 Å². The number of nitro benzene ring substituents is 1. The highest BCUT2D eigenvalue weighted by Gasteiger charge is 2.31. The van der Waals surface area contributed by atoms with Crippen molar-refractivity contribution in [3.8, 4) is 11.5 Å². The monoisotopic (exact) mass is 650 g/mol. The van der Waals surface area contributed by atoms with E-state index in [4.69, 9.17) is 30.2 Å². The predicted octanol–water partition coefficient (Wildman–Crippen LogP) is 3.45. The van der Waals surface area contributed by atoms with E-state index < -0.39 is 33.1 Å². The highest BCUT2D eigenvalue weighted by molar-refractivity contribution is 7.89. The molecule has 1 aromatic heterocycles. The zero-order valence-corrected chi connectivity index (χ0v) is 26.1. The largest absolute Gasteiger partial charge is 0.493 e. The first-order valence-corrected chi connectivity index (χ1v) is 15.7. The van der Waals surface area contributed by atoms with Crippen LogP contribution in [0.25, 0.3) is 0 Å². The molecule has 0 radical (unpaired) electrons. The molecule has 0 unspecified atom stereocenters. The van der Waals surface area contributed by atoms with E-state index in [1.54, 1.807) is 25.3 Å². The summed E-state index contributed by atoms with van der Waals surface area (Å²) in [6.07, 6.45) is 1.94. The molecule has 1 aliphatic rings. The Bertz CT molecular complexity index is 1530. The van der Waals surface area contributed by atoms with Crippen LogP contribution in [0.4, 0.5) is 5.69 Å². The number of ether oxygens (including phenoxy) is 3. The van der Waals surface area contributed by atoms with Gasteiger partial charge in [0, 0.05) is 38.8 Å². The molecule has 1 saturated heterocycles. The van der Waals surface area contributed by atoms with Gasteiger partial charge >= 0.3 is 0 Å². The summed E-state index contributed by atoms with van der Waals surface area (Å²) in [6.45, 7) is 2.46. The van der Waals surface area contributed by atoms with Gasteiger partial charge in [0.05, 0.1) is 56.6 Å². The average molecular weight is 651 g/mol. The van der Waals surface area contributed by atoms with Crippen LogP contribution in [-0.4, -0.2) is 100 Å². The lowest BCUT2D eigenvalue weighted by Crippen LogP contribution is -2.47. The van der Waals surface area contributed by atoms with Gasteiger partial charge in [0.25, 0.3) is 5.69 Å². The SMILES string of the molecule is COc1ccc(CCN(Cc2ccco2)C(=O)CN(CCN2CCOCC2)S(=O)(=O)c2ccc(Cl)c([N+](=O)[O-])c2)cc1OC. The van der Waals surface area contributed by atoms with Crippen LogP contribution in [-0.2, 0) is 32.5 Å². The Morgan fingerprint density at radius 1 is 1.07 bits per heavy atom. The molecule has 0 saturated carbocycles. The molecule has 0 bridgehead atoms. The van der Waals surface area contributed by atoms with Gasteiger partial charge in [-0.2, -0.15) is 4.31 Å². The number of furan rings is 1. The summed E-state index contributed by atoms with van der Waals surface area (Å²) in [6, 6.07) is 12.2. The highest BCUT2D eigenvalue weighted by atomic mass is 35.5. The standard InChI is InChI=1S/C29H35ClN4O9S/c1-40-27-8-5-22(18-28(27)41-2)9-10-32(20-23-4-3-15-43-23)29(35)21-33(12-11-31-13-16-42-17-14-31)44(38,39)24-6-7-25(30)26(19-24)34(36)37/h3-8,15,18-19H,9-14,16-17,20-21H2,1-2H3. The molecule has 1 amide bonds. The highest BCUT2D eigenvalue weighted by Crippen LogP contribution is 2.29. The number of halogens is 1. The van der Waals surface area contributed by atoms with E-state index in [9.17, 15) is 23.3 Å². The Morgan fingerprint density at radius 2 is 1.82 bits per heavy atom. The second kappa shape index (κ2) is 15.3. The minimum atomic E-state index is -4.34. The average Bonchev–Trinajstić information content (AvgIpc) is 3.54. The van der Waals surface area contributed by atoms with Gasteiger partial charge in [-0.25, -0.2) is 8.42 Å². The van der Waals surface area contributed by atoms with E-state index in [2.05, 4.69) is 0 Å². The van der Waals surface area contributed by atoms with Crippen LogP contribution < -0.4 is 9.47 Å². The minimum Gasteiger partial charge on any atom is -0.493 e. The molecule has 44 heavy (non-hydrogen) atoms. The topological polar surface area (TPSA) is 145 Å². The van der Waals surface area contributed by atoms with Gasteiger partial charge in [0.15, 0.2) is 11.5 Å². The molecular formula is C29H35ClN4O9S. The van der Waals surface area contributed by atoms with Crippen molar-refractivity contribution in [1.82, 2.24) is 14.1 Å². The van der Waals surface area contributed by atoms with Gasteiger partial charge < -0.3 is 23.5 Å². The van der Waals surface area contributed by atoms with Gasteiger partial charge in [-0.1, -0.05) is 17.7 Å². The normalized spacial score (nSPS) is 14.0. The lowest BCUT2D eigenvalue weighted by Gasteiger charge is -2.31. The van der Waals surface area contributed by atoms with Gasteiger partial charge in [-0.3, -0.25) is 19.8 Å². The fourth-order valence-corrected chi connectivity index (χ4v) is 6.33. The van der Waals surface area contributed by atoms with Gasteiger partial charge in [0.1, 0.15) is 10.8 Å². The minimum absolute atomic E-state index is 0.0191. The first kappa shape index (κ1) is 33.2. The third-order valence-corrected chi connectivity index (χ3v) is 9.39. The molecule has 4 rings (SSSR count). The molecule has 0 aliphatic carbocycles. The second-order valence-electron chi connectivity index (χ2n) is 10.00. The molecule has 2 heterocycles. The smallest absolute Gasteiger partial charge is 0.289 e. The van der Waals surface area contributed by atoms with E-state index in [1.165, 1.54) is 30.4 Å². The lowest BCUT2D eigenvalue weighted by atomic mass is 10.1. The van der Waals surface area contributed by atoms with Gasteiger partial charge in [-0.05, 0) is 48.4 Å². The van der Waals surface area contributed by atoms with Crippen molar-refractivity contribution in [2.24, 2.45) is 0 Å². The van der Waals surface area contributed by atoms with Crippen molar-refractivity contribution in [2.75, 3.05) is 66.7 Å². The molecule has 3 aromatic rings. The lowest BCUT2D eigenvalue weighted by molar-refractivity contribution is -0.384. The number of amides is 1. The van der Waals surface area contributed by atoms with E-state index >= 15 is 0 Å². The fourth-order valence-electron chi connectivity index (χ4n) is 4.74. The molecule has 13 nitrogen and oxygen atoms in total.